The molecule has 0 bridgehead atoms. The van der Waals surface area contributed by atoms with Crippen molar-refractivity contribution in [1.29, 1.82) is 0 Å². The van der Waals surface area contributed by atoms with Crippen LogP contribution in [0.5, 0.6) is 5.75 Å². The van der Waals surface area contributed by atoms with Gasteiger partial charge in [0.1, 0.15) is 5.75 Å². The highest BCUT2D eigenvalue weighted by atomic mass is 16.5. The summed E-state index contributed by atoms with van der Waals surface area (Å²) in [4.78, 5) is 0. The molecule has 1 unspecified atom stereocenters. The predicted molar refractivity (Wildman–Crippen MR) is 97.3 cm³/mol. The summed E-state index contributed by atoms with van der Waals surface area (Å²) >= 11 is 0. The molecule has 0 fully saturated rings. The second kappa shape index (κ2) is 5.81. The lowest BCUT2D eigenvalue weighted by Gasteiger charge is -2.34. The first-order chi connectivity index (χ1) is 11.8. The number of rotatable bonds is 3. The van der Waals surface area contributed by atoms with Gasteiger partial charge in [0.05, 0.1) is 12.6 Å². The second-order valence-corrected chi connectivity index (χ2v) is 6.30. The lowest BCUT2D eigenvalue weighted by Crippen LogP contribution is -2.39. The van der Waals surface area contributed by atoms with Gasteiger partial charge in [-0.15, -0.1) is 0 Å². The molecule has 1 N–H and O–H groups in total. The zero-order valence-electron chi connectivity index (χ0n) is 14.0. The van der Waals surface area contributed by atoms with Crippen molar-refractivity contribution in [3.63, 3.8) is 0 Å². The highest BCUT2D eigenvalue weighted by Gasteiger charge is 2.42. The summed E-state index contributed by atoms with van der Waals surface area (Å²) < 4.78 is 5.34. The van der Waals surface area contributed by atoms with E-state index in [-0.39, 0.29) is 5.54 Å². The fourth-order valence-electron chi connectivity index (χ4n) is 3.85. The van der Waals surface area contributed by atoms with E-state index in [0.29, 0.717) is 0 Å². The van der Waals surface area contributed by atoms with E-state index in [1.807, 2.05) is 12.1 Å². The monoisotopic (exact) mass is 315 g/mol. The Labute approximate surface area is 143 Å². The fourth-order valence-corrected chi connectivity index (χ4v) is 3.85. The van der Waals surface area contributed by atoms with E-state index >= 15 is 0 Å². The van der Waals surface area contributed by atoms with Crippen LogP contribution in [0.2, 0.25) is 0 Å². The van der Waals surface area contributed by atoms with Gasteiger partial charge in [-0.25, -0.2) is 0 Å². The summed E-state index contributed by atoms with van der Waals surface area (Å²) in [6, 6.07) is 25.7. The first kappa shape index (κ1) is 15.0. The quantitative estimate of drug-likeness (QED) is 0.773. The van der Waals surface area contributed by atoms with Crippen molar-refractivity contribution in [2.75, 3.05) is 7.11 Å². The summed E-state index contributed by atoms with van der Waals surface area (Å²) in [7, 11) is 1.70. The van der Waals surface area contributed by atoms with Crippen molar-refractivity contribution >= 4 is 0 Å². The molecule has 1 atom stereocenters. The standard InChI is InChI=1S/C22H21NO/c1-16-7-3-5-9-20(16)22(18-11-13-19(24-2)14-12-18)21-10-6-4-8-17(21)15-23-22/h3-14,23H,15H2,1-2H3. The molecule has 4 rings (SSSR count). The van der Waals surface area contributed by atoms with Gasteiger partial charge in [0.2, 0.25) is 0 Å². The van der Waals surface area contributed by atoms with E-state index < -0.39 is 0 Å². The van der Waals surface area contributed by atoms with E-state index in [9.17, 15) is 0 Å². The molecular weight excluding hydrogens is 294 g/mol. The third kappa shape index (κ3) is 2.15. The van der Waals surface area contributed by atoms with Crippen molar-refractivity contribution in [2.24, 2.45) is 0 Å². The largest absolute Gasteiger partial charge is 0.497 e. The minimum atomic E-state index is -0.311. The number of fused-ring (bicyclic) bond motifs is 1. The average molecular weight is 315 g/mol. The maximum Gasteiger partial charge on any atom is 0.118 e. The zero-order valence-corrected chi connectivity index (χ0v) is 14.0. The van der Waals surface area contributed by atoms with Crippen molar-refractivity contribution in [2.45, 2.75) is 19.0 Å². The number of hydrogen-bond donors (Lipinski definition) is 1. The molecule has 1 aliphatic rings. The van der Waals surface area contributed by atoms with Gasteiger partial charge in [-0.2, -0.15) is 0 Å². The van der Waals surface area contributed by atoms with Crippen molar-refractivity contribution in [1.82, 2.24) is 5.32 Å². The van der Waals surface area contributed by atoms with Crippen LogP contribution in [-0.4, -0.2) is 7.11 Å². The Morgan fingerprint density at radius 3 is 2.21 bits per heavy atom. The van der Waals surface area contributed by atoms with Crippen LogP contribution in [0.15, 0.2) is 72.8 Å². The Bertz CT molecular complexity index is 869. The molecule has 24 heavy (non-hydrogen) atoms. The lowest BCUT2D eigenvalue weighted by molar-refractivity contribution is 0.414. The van der Waals surface area contributed by atoms with E-state index in [1.54, 1.807) is 7.11 Å². The minimum absolute atomic E-state index is 0.311. The number of aryl methyl sites for hydroxylation is 1. The molecule has 0 aromatic heterocycles. The van der Waals surface area contributed by atoms with Crippen molar-refractivity contribution in [3.8, 4) is 5.75 Å². The number of methoxy groups -OCH3 is 1. The number of ether oxygens (including phenoxy) is 1. The summed E-state index contributed by atoms with van der Waals surface area (Å²) in [6.07, 6.45) is 0. The fraction of sp³-hybridized carbons (Fsp3) is 0.182. The molecule has 3 aromatic carbocycles. The molecule has 1 heterocycles. The summed E-state index contributed by atoms with van der Waals surface area (Å²) in [6.45, 7) is 3.06. The van der Waals surface area contributed by atoms with E-state index in [4.69, 9.17) is 4.74 Å². The van der Waals surface area contributed by atoms with Crippen LogP contribution in [-0.2, 0) is 12.1 Å². The predicted octanol–water partition coefficient (Wildman–Crippen LogP) is 4.40. The van der Waals surface area contributed by atoms with Crippen LogP contribution in [0.4, 0.5) is 0 Å². The van der Waals surface area contributed by atoms with Crippen molar-refractivity contribution in [3.05, 3.63) is 101 Å². The van der Waals surface area contributed by atoms with Crippen LogP contribution >= 0.6 is 0 Å². The van der Waals surface area contributed by atoms with Gasteiger partial charge >= 0.3 is 0 Å². The second-order valence-electron chi connectivity index (χ2n) is 6.30. The highest BCUT2D eigenvalue weighted by Crippen LogP contribution is 2.43. The highest BCUT2D eigenvalue weighted by molar-refractivity contribution is 5.57. The molecule has 2 nitrogen and oxygen atoms in total. The summed E-state index contributed by atoms with van der Waals surface area (Å²) in [5.74, 6) is 0.880. The third-order valence-corrected chi connectivity index (χ3v) is 5.04. The summed E-state index contributed by atoms with van der Waals surface area (Å²) in [5.41, 5.74) is 6.22. The SMILES string of the molecule is COc1ccc(C2(c3ccccc3C)NCc3ccccc32)cc1. The smallest absolute Gasteiger partial charge is 0.118 e. The molecule has 0 saturated carbocycles. The molecule has 0 saturated heterocycles. The Balaban J connectivity index is 1.99. The molecule has 0 radical (unpaired) electrons. The van der Waals surface area contributed by atoms with Gasteiger partial charge in [0, 0.05) is 6.54 Å². The van der Waals surface area contributed by atoms with E-state index in [0.717, 1.165) is 12.3 Å². The number of nitrogens with one attached hydrogen (secondary N) is 1. The number of hydrogen-bond acceptors (Lipinski definition) is 2. The van der Waals surface area contributed by atoms with Gasteiger partial charge in [0.25, 0.3) is 0 Å². The van der Waals surface area contributed by atoms with Crippen LogP contribution in [0.3, 0.4) is 0 Å². The average Bonchev–Trinajstić information content (AvgIpc) is 3.03. The third-order valence-electron chi connectivity index (χ3n) is 5.04. The van der Waals surface area contributed by atoms with Gasteiger partial charge in [-0.05, 0) is 46.9 Å². The Morgan fingerprint density at radius 2 is 1.50 bits per heavy atom. The maximum atomic E-state index is 5.34. The molecule has 2 heteroatoms. The normalized spacial score (nSPS) is 19.1. The van der Waals surface area contributed by atoms with Crippen molar-refractivity contribution < 1.29 is 4.74 Å². The molecule has 0 spiro atoms. The Morgan fingerprint density at radius 1 is 0.833 bits per heavy atom. The zero-order chi connectivity index (χ0) is 16.6. The number of benzene rings is 3. The molecule has 1 aliphatic heterocycles. The van der Waals surface area contributed by atoms with Crippen LogP contribution in [0.25, 0.3) is 0 Å². The first-order valence-electron chi connectivity index (χ1n) is 8.30. The Hall–Kier alpha value is -2.58. The van der Waals surface area contributed by atoms with Crippen LogP contribution in [0.1, 0.15) is 27.8 Å². The van der Waals surface area contributed by atoms with Gasteiger partial charge in [0.15, 0.2) is 0 Å². The van der Waals surface area contributed by atoms with Gasteiger partial charge < -0.3 is 4.74 Å². The van der Waals surface area contributed by atoms with E-state index in [2.05, 4.69) is 72.9 Å². The molecule has 0 amide bonds. The van der Waals surface area contributed by atoms with Crippen LogP contribution in [0, 0.1) is 6.92 Å². The molecule has 3 aromatic rings. The van der Waals surface area contributed by atoms with E-state index in [1.165, 1.54) is 27.8 Å². The first-order valence-corrected chi connectivity index (χ1v) is 8.30. The lowest BCUT2D eigenvalue weighted by atomic mass is 9.76. The van der Waals surface area contributed by atoms with Gasteiger partial charge in [-0.1, -0.05) is 60.7 Å². The molecular formula is C22H21NO. The van der Waals surface area contributed by atoms with Gasteiger partial charge in [-0.3, -0.25) is 5.32 Å². The molecule has 120 valence electrons. The molecule has 0 aliphatic carbocycles. The van der Waals surface area contributed by atoms with Crippen LogP contribution < -0.4 is 10.1 Å². The minimum Gasteiger partial charge on any atom is -0.497 e. The summed E-state index contributed by atoms with van der Waals surface area (Å²) in [5, 5.41) is 3.81. The Kier molecular flexibility index (Phi) is 3.62. The topological polar surface area (TPSA) is 21.3 Å². The maximum absolute atomic E-state index is 5.34.